The third-order valence-corrected chi connectivity index (χ3v) is 19.4. The summed E-state index contributed by atoms with van der Waals surface area (Å²) >= 11 is 0. The smallest absolute Gasteiger partial charge is 0.261 e. The summed E-state index contributed by atoms with van der Waals surface area (Å²) in [5.74, 6) is -0.738. The average molecular weight is 635 g/mol. The van der Waals surface area contributed by atoms with Gasteiger partial charge in [0.25, 0.3) is 16.6 Å². The van der Waals surface area contributed by atoms with Crippen LogP contribution in [0.5, 0.6) is 0 Å². The van der Waals surface area contributed by atoms with Crippen molar-refractivity contribution in [2.24, 2.45) is 0 Å². The van der Waals surface area contributed by atoms with Crippen molar-refractivity contribution in [1.82, 2.24) is 0 Å². The predicted molar refractivity (Wildman–Crippen MR) is 189 cm³/mol. The number of rotatable bonds is 8. The van der Waals surface area contributed by atoms with E-state index in [4.69, 9.17) is 8.85 Å². The summed E-state index contributed by atoms with van der Waals surface area (Å²) in [6.07, 6.45) is -0.364. The van der Waals surface area contributed by atoms with Gasteiger partial charge >= 0.3 is 0 Å². The zero-order valence-electron chi connectivity index (χ0n) is 27.5. The predicted octanol–water partition coefficient (Wildman–Crippen LogP) is 6.20. The molecule has 1 aliphatic rings. The summed E-state index contributed by atoms with van der Waals surface area (Å²) in [7, 11) is -5.94. The molecule has 0 N–H and O–H groups in total. The largest absolute Gasteiger partial charge is 0.404 e. The van der Waals surface area contributed by atoms with E-state index < -0.39 is 28.8 Å². The highest BCUT2D eigenvalue weighted by Crippen LogP contribution is 2.41. The lowest BCUT2D eigenvalue weighted by molar-refractivity contribution is -0.137. The molecule has 0 unspecified atom stereocenters. The van der Waals surface area contributed by atoms with Gasteiger partial charge in [0.2, 0.25) is 11.6 Å². The zero-order valence-corrected chi connectivity index (χ0v) is 29.5. The van der Waals surface area contributed by atoms with Crippen molar-refractivity contribution >= 4 is 48.9 Å². The van der Waals surface area contributed by atoms with Crippen molar-refractivity contribution in [2.75, 3.05) is 0 Å². The molecule has 1 saturated carbocycles. The minimum Gasteiger partial charge on any atom is -0.404 e. The Hall–Kier alpha value is -3.43. The molecule has 0 aromatic heterocycles. The molecule has 0 heterocycles. The molecule has 0 aliphatic heterocycles. The van der Waals surface area contributed by atoms with Crippen molar-refractivity contribution in [3.05, 3.63) is 121 Å². The summed E-state index contributed by atoms with van der Waals surface area (Å²) in [6, 6.07) is 41.9. The second kappa shape index (κ2) is 13.1. The molecular weight excluding hydrogens is 589 g/mol. The van der Waals surface area contributed by atoms with E-state index in [0.29, 0.717) is 6.42 Å². The van der Waals surface area contributed by atoms with Crippen molar-refractivity contribution in [3.8, 4) is 0 Å². The van der Waals surface area contributed by atoms with E-state index in [1.165, 1.54) is 0 Å². The number of hydrogen-bond acceptors (Lipinski definition) is 4. The quantitative estimate of drug-likeness (QED) is 0.132. The minimum absolute atomic E-state index is 0.0595. The molecule has 0 amide bonds. The minimum atomic E-state index is -2.97. The van der Waals surface area contributed by atoms with Gasteiger partial charge in [0.05, 0.1) is 12.2 Å². The highest BCUT2D eigenvalue weighted by Gasteiger charge is 2.54. The lowest BCUT2D eigenvalue weighted by Crippen LogP contribution is -2.68. The molecule has 2 atom stereocenters. The maximum atomic E-state index is 13.4. The molecule has 0 radical (unpaired) electrons. The molecule has 0 saturated heterocycles. The monoisotopic (exact) mass is 634 g/mol. The molecule has 4 nitrogen and oxygen atoms in total. The van der Waals surface area contributed by atoms with Gasteiger partial charge in [-0.1, -0.05) is 163 Å². The molecule has 0 spiro atoms. The molecular formula is C39H46O4Si2. The van der Waals surface area contributed by atoms with Crippen LogP contribution in [0, 0.1) is 0 Å². The number of ketones is 2. The molecule has 45 heavy (non-hydrogen) atoms. The maximum Gasteiger partial charge on any atom is 0.261 e. The van der Waals surface area contributed by atoms with Crippen LogP contribution in [0.3, 0.4) is 0 Å². The van der Waals surface area contributed by atoms with Crippen molar-refractivity contribution in [2.45, 2.75) is 83.1 Å². The Balaban J connectivity index is 1.62. The van der Waals surface area contributed by atoms with E-state index in [1.807, 2.05) is 24.3 Å². The Kier molecular flexibility index (Phi) is 9.61. The van der Waals surface area contributed by atoms with Gasteiger partial charge in [-0.25, -0.2) is 0 Å². The lowest BCUT2D eigenvalue weighted by atomic mass is 10.1. The van der Waals surface area contributed by atoms with E-state index in [0.717, 1.165) is 20.7 Å². The Morgan fingerprint density at radius 2 is 0.711 bits per heavy atom. The van der Waals surface area contributed by atoms with Crippen molar-refractivity contribution in [3.63, 3.8) is 0 Å². The van der Waals surface area contributed by atoms with Crippen LogP contribution >= 0.6 is 0 Å². The van der Waals surface area contributed by atoms with Crippen LogP contribution in [-0.4, -0.2) is 40.4 Å². The van der Waals surface area contributed by atoms with Gasteiger partial charge in [0, 0.05) is 12.8 Å². The second-order valence-electron chi connectivity index (χ2n) is 14.3. The van der Waals surface area contributed by atoms with Crippen LogP contribution in [-0.2, 0) is 18.4 Å². The number of carbonyl (C=O) groups excluding carboxylic acids is 2. The highest BCUT2D eigenvalue weighted by atomic mass is 28.4. The first kappa shape index (κ1) is 33.0. The number of benzene rings is 4. The SMILES string of the molecule is CC(C)(C)[Si](O[C@@H]1CC(=O)C(=O)C[C@H](O[Si](c2ccccc2)(c2ccccc2)C(C)(C)C)C1)(c1ccccc1)c1ccccc1. The maximum absolute atomic E-state index is 13.4. The summed E-state index contributed by atoms with van der Waals surface area (Å²) in [4.78, 5) is 26.8. The Labute approximate surface area is 271 Å². The summed E-state index contributed by atoms with van der Waals surface area (Å²) in [6.45, 7) is 13.4. The first-order chi connectivity index (χ1) is 21.4. The van der Waals surface area contributed by atoms with Crippen LogP contribution in [0.4, 0.5) is 0 Å². The molecule has 1 fully saturated rings. The molecule has 5 rings (SSSR count). The fraction of sp³-hybridized carbons (Fsp3) is 0.333. The highest BCUT2D eigenvalue weighted by molar-refractivity contribution is 7.00. The third-order valence-electron chi connectivity index (χ3n) is 9.18. The Morgan fingerprint density at radius 1 is 0.467 bits per heavy atom. The van der Waals surface area contributed by atoms with Gasteiger partial charge < -0.3 is 8.85 Å². The Morgan fingerprint density at radius 3 is 0.933 bits per heavy atom. The fourth-order valence-corrected chi connectivity index (χ4v) is 16.6. The topological polar surface area (TPSA) is 52.6 Å². The fourth-order valence-electron chi connectivity index (χ4n) is 7.16. The molecule has 234 valence electrons. The molecule has 4 aromatic carbocycles. The number of carbonyl (C=O) groups is 2. The lowest BCUT2D eigenvalue weighted by Gasteiger charge is -2.47. The van der Waals surface area contributed by atoms with Crippen LogP contribution < -0.4 is 20.7 Å². The van der Waals surface area contributed by atoms with Gasteiger partial charge in [-0.3, -0.25) is 9.59 Å². The van der Waals surface area contributed by atoms with Gasteiger partial charge in [-0.05, 0) is 37.2 Å². The molecule has 4 aromatic rings. The number of hydrogen-bond donors (Lipinski definition) is 0. The van der Waals surface area contributed by atoms with Crippen molar-refractivity contribution in [1.29, 1.82) is 0 Å². The van der Waals surface area contributed by atoms with Gasteiger partial charge in [0.1, 0.15) is 0 Å². The van der Waals surface area contributed by atoms with Gasteiger partial charge in [-0.2, -0.15) is 0 Å². The van der Waals surface area contributed by atoms with Crippen LogP contribution in [0.1, 0.15) is 60.8 Å². The molecule has 0 bridgehead atoms. The third kappa shape index (κ3) is 6.47. The standard InChI is InChI=1S/C39H46O4Si2/c1-38(2,3)44(32-19-11-7-12-20-32,33-21-13-8-14-22-33)42-30-27-31(29-37(41)36(40)28-30)43-45(39(4,5)6,34-23-15-9-16-24-34)35-25-17-10-18-26-35/h7-26,30-31H,27-29H2,1-6H3/t30-,31+. The van der Waals surface area contributed by atoms with Crippen LogP contribution in [0.2, 0.25) is 10.1 Å². The summed E-state index contributed by atoms with van der Waals surface area (Å²) in [5, 5.41) is 4.08. The second-order valence-corrected chi connectivity index (χ2v) is 22.8. The van der Waals surface area contributed by atoms with Crippen molar-refractivity contribution < 1.29 is 18.4 Å². The Bertz CT molecular complexity index is 1380. The van der Waals surface area contributed by atoms with Gasteiger partial charge in [-0.15, -0.1) is 0 Å². The summed E-state index contributed by atoms with van der Waals surface area (Å²) < 4.78 is 14.9. The first-order valence-corrected chi connectivity index (χ1v) is 19.8. The first-order valence-electron chi connectivity index (χ1n) is 16.0. The average Bonchev–Trinajstić information content (AvgIpc) is 3.15. The van der Waals surface area contributed by atoms with E-state index >= 15 is 0 Å². The summed E-state index contributed by atoms with van der Waals surface area (Å²) in [5.41, 5.74) is 0. The van der Waals surface area contributed by atoms with E-state index in [2.05, 4.69) is 139 Å². The van der Waals surface area contributed by atoms with Crippen LogP contribution in [0.25, 0.3) is 0 Å². The zero-order chi connectivity index (χ0) is 32.3. The molecule has 1 aliphatic carbocycles. The van der Waals surface area contributed by atoms with Gasteiger partial charge in [0.15, 0.2) is 0 Å². The molecule has 6 heteroatoms. The van der Waals surface area contributed by atoms with E-state index in [-0.39, 0.29) is 34.5 Å². The van der Waals surface area contributed by atoms with E-state index in [9.17, 15) is 9.59 Å². The number of Topliss-reactive ketones (excluding diaryl/α,β-unsaturated/α-hetero) is 2. The van der Waals surface area contributed by atoms with Crippen LogP contribution in [0.15, 0.2) is 121 Å². The van der Waals surface area contributed by atoms with E-state index in [1.54, 1.807) is 0 Å². The normalized spacial score (nSPS) is 18.4.